The van der Waals surface area contributed by atoms with Gasteiger partial charge in [0.05, 0.1) is 0 Å². The lowest BCUT2D eigenvalue weighted by molar-refractivity contribution is -0.115. The van der Waals surface area contributed by atoms with Crippen LogP contribution in [-0.2, 0) is 15.6 Å². The molecule has 2 heterocycles. The van der Waals surface area contributed by atoms with Gasteiger partial charge in [-0.15, -0.1) is 0 Å². The van der Waals surface area contributed by atoms with Gasteiger partial charge in [-0.2, -0.15) is 0 Å². The van der Waals surface area contributed by atoms with E-state index in [-0.39, 0.29) is 5.75 Å². The molecule has 0 aliphatic rings. The molecule has 0 aromatic carbocycles. The number of rotatable bonds is 5. The zero-order chi connectivity index (χ0) is 12.3. The van der Waals surface area contributed by atoms with Crippen molar-refractivity contribution in [2.24, 2.45) is 5.73 Å². The summed E-state index contributed by atoms with van der Waals surface area (Å²) in [5.74, 6) is -0.926. The van der Waals surface area contributed by atoms with Crippen molar-refractivity contribution >= 4 is 16.7 Å². The summed E-state index contributed by atoms with van der Waals surface area (Å²) in [6, 6.07) is 0. The first-order valence-electron chi connectivity index (χ1n) is 4.60. The van der Waals surface area contributed by atoms with Crippen molar-refractivity contribution in [2.75, 3.05) is 5.75 Å². The Kier molecular flexibility index (Phi) is 3.33. The largest absolute Gasteiger partial charge is 0.451 e. The minimum Gasteiger partial charge on any atom is -0.451 e. The minimum atomic E-state index is -1.57. The third kappa shape index (κ3) is 2.59. The summed E-state index contributed by atoms with van der Waals surface area (Å²) in [6.07, 6.45) is 5.12. The molecule has 0 saturated carbocycles. The van der Waals surface area contributed by atoms with E-state index in [4.69, 9.17) is 14.6 Å². The summed E-state index contributed by atoms with van der Waals surface area (Å²) in [5.41, 5.74) is 5.85. The second kappa shape index (κ2) is 4.91. The summed E-state index contributed by atoms with van der Waals surface area (Å²) >= 11 is 0. The number of nitrogens with two attached hydrogens (primary N) is 1. The van der Waals surface area contributed by atoms with Crippen molar-refractivity contribution in [3.8, 4) is 0 Å². The lowest BCUT2D eigenvalue weighted by atomic mass is 10.3. The first-order chi connectivity index (χ1) is 8.18. The van der Waals surface area contributed by atoms with E-state index in [1.165, 1.54) is 25.3 Å². The highest BCUT2D eigenvalue weighted by Gasteiger charge is 2.27. The van der Waals surface area contributed by atoms with E-state index >= 15 is 0 Å². The number of primary amides is 1. The molecule has 2 rings (SSSR count). The van der Waals surface area contributed by atoms with Crippen LogP contribution in [0.1, 0.15) is 16.6 Å². The van der Waals surface area contributed by atoms with Gasteiger partial charge in [0.25, 0.3) is 0 Å². The number of nitrogens with zero attached hydrogens (tertiary/aromatic N) is 2. The van der Waals surface area contributed by atoms with Gasteiger partial charge in [0.15, 0.2) is 12.8 Å². The quantitative estimate of drug-likeness (QED) is 0.803. The van der Waals surface area contributed by atoms with Crippen LogP contribution in [0.2, 0.25) is 0 Å². The standard InChI is InChI=1S/C9H9N3O4S/c10-8(13)3-17(14)9(6-1-15-4-11-6)7-2-16-5-12-7/h1-2,4-5,9H,3H2,(H2,10,13). The maximum atomic E-state index is 12.0. The Morgan fingerprint density at radius 2 is 1.82 bits per heavy atom. The van der Waals surface area contributed by atoms with Gasteiger partial charge < -0.3 is 14.6 Å². The van der Waals surface area contributed by atoms with Crippen LogP contribution in [-0.4, -0.2) is 25.8 Å². The summed E-state index contributed by atoms with van der Waals surface area (Å²) in [6.45, 7) is 0. The molecule has 1 unspecified atom stereocenters. The van der Waals surface area contributed by atoms with Gasteiger partial charge in [-0.3, -0.25) is 9.00 Å². The molecule has 2 N–H and O–H groups in total. The Balaban J connectivity index is 2.32. The summed E-state index contributed by atoms with van der Waals surface area (Å²) < 4.78 is 21.7. The number of carbonyl (C=O) groups is 1. The second-order valence-corrected chi connectivity index (χ2v) is 4.72. The molecule has 0 fully saturated rings. The highest BCUT2D eigenvalue weighted by atomic mass is 32.2. The summed E-state index contributed by atoms with van der Waals surface area (Å²) in [4.78, 5) is 18.6. The molecule has 0 radical (unpaired) electrons. The molecule has 0 aliphatic carbocycles. The maximum Gasteiger partial charge on any atom is 0.230 e. The van der Waals surface area contributed by atoms with Crippen LogP contribution in [0.15, 0.2) is 34.1 Å². The van der Waals surface area contributed by atoms with Gasteiger partial charge >= 0.3 is 0 Å². The zero-order valence-corrected chi connectivity index (χ0v) is 9.42. The van der Waals surface area contributed by atoms with E-state index in [1.807, 2.05) is 0 Å². The molecule has 17 heavy (non-hydrogen) atoms. The zero-order valence-electron chi connectivity index (χ0n) is 8.61. The molecule has 0 spiro atoms. The fourth-order valence-electron chi connectivity index (χ4n) is 1.35. The first-order valence-corrected chi connectivity index (χ1v) is 5.98. The average molecular weight is 255 g/mol. The van der Waals surface area contributed by atoms with E-state index in [9.17, 15) is 9.00 Å². The number of aromatic nitrogens is 2. The third-order valence-corrected chi connectivity index (χ3v) is 3.57. The van der Waals surface area contributed by atoms with Crippen molar-refractivity contribution in [1.29, 1.82) is 0 Å². The Labute approximate surface area is 98.5 Å². The van der Waals surface area contributed by atoms with Gasteiger partial charge in [-0.1, -0.05) is 0 Å². The summed E-state index contributed by atoms with van der Waals surface area (Å²) in [5, 5.41) is -0.681. The first kappa shape index (κ1) is 11.5. The normalized spacial score (nSPS) is 12.8. The minimum absolute atomic E-state index is 0.273. The van der Waals surface area contributed by atoms with Crippen molar-refractivity contribution < 1.29 is 17.8 Å². The van der Waals surface area contributed by atoms with Gasteiger partial charge in [0, 0.05) is 10.8 Å². The van der Waals surface area contributed by atoms with E-state index in [2.05, 4.69) is 9.97 Å². The monoisotopic (exact) mass is 255 g/mol. The van der Waals surface area contributed by atoms with Crippen LogP contribution in [0.4, 0.5) is 0 Å². The smallest absolute Gasteiger partial charge is 0.230 e. The van der Waals surface area contributed by atoms with E-state index < -0.39 is 22.0 Å². The molecule has 1 amide bonds. The molecule has 0 aliphatic heterocycles. The predicted octanol–water partition coefficient (Wildman–Crippen LogP) is -0.0140. The maximum absolute atomic E-state index is 12.0. The highest BCUT2D eigenvalue weighted by molar-refractivity contribution is 7.86. The van der Waals surface area contributed by atoms with Gasteiger partial charge in [0.2, 0.25) is 5.91 Å². The van der Waals surface area contributed by atoms with Crippen molar-refractivity contribution in [2.45, 2.75) is 5.25 Å². The SMILES string of the molecule is NC(=O)CS(=O)C(c1cocn1)c1cocn1. The molecular weight excluding hydrogens is 246 g/mol. The molecule has 8 heteroatoms. The van der Waals surface area contributed by atoms with Crippen LogP contribution >= 0.6 is 0 Å². The molecular formula is C9H9N3O4S. The van der Waals surface area contributed by atoms with Crippen LogP contribution in [0.5, 0.6) is 0 Å². The van der Waals surface area contributed by atoms with Crippen LogP contribution in [0.3, 0.4) is 0 Å². The Hall–Kier alpha value is -1.96. The van der Waals surface area contributed by atoms with E-state index in [0.29, 0.717) is 11.4 Å². The summed E-state index contributed by atoms with van der Waals surface area (Å²) in [7, 11) is -1.57. The number of oxazole rings is 2. The molecule has 2 aromatic heterocycles. The Morgan fingerprint density at radius 1 is 1.29 bits per heavy atom. The highest BCUT2D eigenvalue weighted by Crippen LogP contribution is 2.25. The van der Waals surface area contributed by atoms with Crippen LogP contribution in [0, 0.1) is 0 Å². The number of carbonyl (C=O) groups excluding carboxylic acids is 1. The van der Waals surface area contributed by atoms with Crippen molar-refractivity contribution in [3.05, 3.63) is 36.7 Å². The lowest BCUT2D eigenvalue weighted by Gasteiger charge is -2.09. The van der Waals surface area contributed by atoms with E-state index in [0.717, 1.165) is 0 Å². The predicted molar refractivity (Wildman–Crippen MR) is 57.1 cm³/mol. The number of hydrogen-bond acceptors (Lipinski definition) is 6. The fraction of sp³-hybridized carbons (Fsp3) is 0.222. The van der Waals surface area contributed by atoms with Gasteiger partial charge in [-0.05, 0) is 0 Å². The third-order valence-electron chi connectivity index (χ3n) is 1.99. The molecule has 90 valence electrons. The van der Waals surface area contributed by atoms with Crippen LogP contribution < -0.4 is 5.73 Å². The van der Waals surface area contributed by atoms with Gasteiger partial charge in [0.1, 0.15) is 34.9 Å². The molecule has 7 nitrogen and oxygen atoms in total. The van der Waals surface area contributed by atoms with Crippen LogP contribution in [0.25, 0.3) is 0 Å². The molecule has 0 saturated heterocycles. The number of amides is 1. The van der Waals surface area contributed by atoms with Gasteiger partial charge in [-0.25, -0.2) is 9.97 Å². The lowest BCUT2D eigenvalue weighted by Crippen LogP contribution is -2.23. The Bertz CT molecular complexity index is 474. The fourth-order valence-corrected chi connectivity index (χ4v) is 2.57. The molecule has 1 atom stereocenters. The van der Waals surface area contributed by atoms with Crippen molar-refractivity contribution in [1.82, 2.24) is 9.97 Å². The van der Waals surface area contributed by atoms with E-state index in [1.54, 1.807) is 0 Å². The second-order valence-electron chi connectivity index (χ2n) is 3.20. The molecule has 2 aromatic rings. The average Bonchev–Trinajstić information content (AvgIpc) is 2.88. The molecule has 0 bridgehead atoms. The number of hydrogen-bond donors (Lipinski definition) is 1. The topological polar surface area (TPSA) is 112 Å². The van der Waals surface area contributed by atoms with Crippen molar-refractivity contribution in [3.63, 3.8) is 0 Å². The Morgan fingerprint density at radius 3 is 2.18 bits per heavy atom.